The number of ether oxygens (including phenoxy) is 1. The summed E-state index contributed by atoms with van der Waals surface area (Å²) in [5.41, 5.74) is 1.85. The van der Waals surface area contributed by atoms with Crippen LogP contribution in [0.4, 0.5) is 0 Å². The Bertz CT molecular complexity index is 330. The van der Waals surface area contributed by atoms with Gasteiger partial charge >= 0.3 is 0 Å². The van der Waals surface area contributed by atoms with E-state index in [1.54, 1.807) is 0 Å². The first kappa shape index (κ1) is 13.6. The molecule has 2 rings (SSSR count). The van der Waals surface area contributed by atoms with Crippen LogP contribution < -0.4 is 5.32 Å². The maximum absolute atomic E-state index is 5.74. The summed E-state index contributed by atoms with van der Waals surface area (Å²) in [6, 6.07) is 10.8. The average Bonchev–Trinajstić information content (AvgIpc) is 2.45. The van der Waals surface area contributed by atoms with Crippen molar-refractivity contribution in [2.45, 2.75) is 32.6 Å². The summed E-state index contributed by atoms with van der Waals surface area (Å²) in [4.78, 5) is 0. The molecule has 1 saturated heterocycles. The van der Waals surface area contributed by atoms with Crippen molar-refractivity contribution in [3.63, 3.8) is 0 Å². The van der Waals surface area contributed by atoms with Crippen molar-refractivity contribution in [3.05, 3.63) is 35.9 Å². The fourth-order valence-electron chi connectivity index (χ4n) is 2.80. The molecule has 0 radical (unpaired) electrons. The lowest BCUT2D eigenvalue weighted by Crippen LogP contribution is -2.40. The average molecular weight is 247 g/mol. The molecule has 0 saturated carbocycles. The van der Waals surface area contributed by atoms with Crippen LogP contribution in [0, 0.1) is 5.41 Å². The van der Waals surface area contributed by atoms with Crippen LogP contribution in [-0.4, -0.2) is 26.3 Å². The van der Waals surface area contributed by atoms with Gasteiger partial charge in [-0.2, -0.15) is 0 Å². The topological polar surface area (TPSA) is 21.3 Å². The molecule has 100 valence electrons. The van der Waals surface area contributed by atoms with Gasteiger partial charge in [0, 0.05) is 6.61 Å². The lowest BCUT2D eigenvalue weighted by atomic mass is 9.75. The standard InChI is InChI=1S/C16H25NO/c1-2-18-14-16(10-12-17-13-11-16)9-8-15-6-4-3-5-7-15/h3-7,17H,2,8-14H2,1H3. The number of piperidine rings is 1. The number of hydrogen-bond acceptors (Lipinski definition) is 2. The second-order valence-electron chi connectivity index (χ2n) is 5.37. The second-order valence-corrected chi connectivity index (χ2v) is 5.37. The fraction of sp³-hybridized carbons (Fsp3) is 0.625. The molecule has 2 nitrogen and oxygen atoms in total. The quantitative estimate of drug-likeness (QED) is 0.834. The molecule has 1 N–H and O–H groups in total. The third-order valence-electron chi connectivity index (χ3n) is 4.06. The van der Waals surface area contributed by atoms with E-state index in [-0.39, 0.29) is 0 Å². The Hall–Kier alpha value is -0.860. The molecule has 0 aliphatic carbocycles. The van der Waals surface area contributed by atoms with Gasteiger partial charge in [-0.05, 0) is 56.7 Å². The van der Waals surface area contributed by atoms with E-state index in [1.165, 1.54) is 31.2 Å². The summed E-state index contributed by atoms with van der Waals surface area (Å²) < 4.78 is 5.74. The maximum Gasteiger partial charge on any atom is 0.0523 e. The number of benzene rings is 1. The van der Waals surface area contributed by atoms with E-state index in [9.17, 15) is 0 Å². The van der Waals surface area contributed by atoms with E-state index in [4.69, 9.17) is 4.74 Å². The molecule has 0 amide bonds. The van der Waals surface area contributed by atoms with E-state index < -0.39 is 0 Å². The molecular formula is C16H25NO. The maximum atomic E-state index is 5.74. The van der Waals surface area contributed by atoms with E-state index in [0.29, 0.717) is 5.41 Å². The van der Waals surface area contributed by atoms with Gasteiger partial charge in [-0.3, -0.25) is 0 Å². The van der Waals surface area contributed by atoms with Gasteiger partial charge in [0.1, 0.15) is 0 Å². The number of hydrogen-bond donors (Lipinski definition) is 1. The highest BCUT2D eigenvalue weighted by Gasteiger charge is 2.31. The number of aryl methyl sites for hydroxylation is 1. The zero-order valence-corrected chi connectivity index (χ0v) is 11.5. The van der Waals surface area contributed by atoms with Crippen molar-refractivity contribution in [3.8, 4) is 0 Å². The normalized spacial score (nSPS) is 18.7. The summed E-state index contributed by atoms with van der Waals surface area (Å²) in [5, 5.41) is 3.46. The highest BCUT2D eigenvalue weighted by atomic mass is 16.5. The van der Waals surface area contributed by atoms with Crippen LogP contribution in [0.2, 0.25) is 0 Å². The van der Waals surface area contributed by atoms with Crippen LogP contribution >= 0.6 is 0 Å². The zero-order chi connectivity index (χ0) is 12.7. The minimum absolute atomic E-state index is 0.400. The SMILES string of the molecule is CCOCC1(CCc2ccccc2)CCNCC1. The Kier molecular flexibility index (Phi) is 5.21. The first-order valence-electron chi connectivity index (χ1n) is 7.17. The van der Waals surface area contributed by atoms with Gasteiger partial charge in [-0.15, -0.1) is 0 Å². The zero-order valence-electron chi connectivity index (χ0n) is 11.5. The van der Waals surface area contributed by atoms with Gasteiger partial charge in [0.05, 0.1) is 6.61 Å². The highest BCUT2D eigenvalue weighted by Crippen LogP contribution is 2.34. The molecule has 18 heavy (non-hydrogen) atoms. The summed E-state index contributed by atoms with van der Waals surface area (Å²) in [6.07, 6.45) is 4.92. The Morgan fingerprint density at radius 1 is 1.17 bits per heavy atom. The molecule has 0 unspecified atom stereocenters. The smallest absolute Gasteiger partial charge is 0.0523 e. The predicted octanol–water partition coefficient (Wildman–Crippen LogP) is 3.03. The van der Waals surface area contributed by atoms with Crippen molar-refractivity contribution in [1.82, 2.24) is 5.32 Å². The number of nitrogens with one attached hydrogen (secondary N) is 1. The molecule has 1 aliphatic heterocycles. The fourth-order valence-corrected chi connectivity index (χ4v) is 2.80. The third kappa shape index (κ3) is 3.82. The van der Waals surface area contributed by atoms with Crippen LogP contribution in [0.15, 0.2) is 30.3 Å². The predicted molar refractivity (Wildman–Crippen MR) is 75.8 cm³/mol. The minimum atomic E-state index is 0.400. The molecule has 1 aromatic rings. The highest BCUT2D eigenvalue weighted by molar-refractivity contribution is 5.15. The van der Waals surface area contributed by atoms with Crippen molar-refractivity contribution in [2.24, 2.45) is 5.41 Å². The van der Waals surface area contributed by atoms with Gasteiger partial charge in [0.2, 0.25) is 0 Å². The molecule has 0 aromatic heterocycles. The molecule has 0 atom stereocenters. The summed E-state index contributed by atoms with van der Waals surface area (Å²) >= 11 is 0. The van der Waals surface area contributed by atoms with Crippen molar-refractivity contribution >= 4 is 0 Å². The summed E-state index contributed by atoms with van der Waals surface area (Å²) in [7, 11) is 0. The van der Waals surface area contributed by atoms with Gasteiger partial charge in [0.15, 0.2) is 0 Å². The van der Waals surface area contributed by atoms with Crippen LogP contribution in [-0.2, 0) is 11.2 Å². The van der Waals surface area contributed by atoms with Crippen LogP contribution in [0.25, 0.3) is 0 Å². The van der Waals surface area contributed by atoms with Crippen LogP contribution in [0.1, 0.15) is 31.7 Å². The molecule has 2 heteroatoms. The van der Waals surface area contributed by atoms with Crippen molar-refractivity contribution < 1.29 is 4.74 Å². The van der Waals surface area contributed by atoms with Gasteiger partial charge < -0.3 is 10.1 Å². The molecule has 1 fully saturated rings. The minimum Gasteiger partial charge on any atom is -0.381 e. The van der Waals surface area contributed by atoms with Gasteiger partial charge in [0.25, 0.3) is 0 Å². The molecular weight excluding hydrogens is 222 g/mol. The third-order valence-corrected chi connectivity index (χ3v) is 4.06. The first-order chi connectivity index (χ1) is 8.85. The van der Waals surface area contributed by atoms with Crippen LogP contribution in [0.5, 0.6) is 0 Å². The Labute approximate surface area is 111 Å². The molecule has 1 aliphatic rings. The summed E-state index contributed by atoms with van der Waals surface area (Å²) in [6.45, 7) is 6.13. The molecule has 0 spiro atoms. The van der Waals surface area contributed by atoms with E-state index in [2.05, 4.69) is 42.6 Å². The Balaban J connectivity index is 1.92. The molecule has 1 aromatic carbocycles. The Morgan fingerprint density at radius 3 is 2.56 bits per heavy atom. The second kappa shape index (κ2) is 6.91. The van der Waals surface area contributed by atoms with Crippen molar-refractivity contribution in [1.29, 1.82) is 0 Å². The lowest BCUT2D eigenvalue weighted by Gasteiger charge is -2.37. The van der Waals surface area contributed by atoms with E-state index in [1.807, 2.05) is 0 Å². The number of rotatable bonds is 6. The lowest BCUT2D eigenvalue weighted by molar-refractivity contribution is 0.0246. The van der Waals surface area contributed by atoms with Crippen molar-refractivity contribution in [2.75, 3.05) is 26.3 Å². The molecule has 1 heterocycles. The van der Waals surface area contributed by atoms with E-state index >= 15 is 0 Å². The summed E-state index contributed by atoms with van der Waals surface area (Å²) in [5.74, 6) is 0. The molecule has 0 bridgehead atoms. The monoisotopic (exact) mass is 247 g/mol. The largest absolute Gasteiger partial charge is 0.381 e. The first-order valence-corrected chi connectivity index (χ1v) is 7.17. The van der Waals surface area contributed by atoms with Crippen LogP contribution in [0.3, 0.4) is 0 Å². The van der Waals surface area contributed by atoms with Gasteiger partial charge in [-0.25, -0.2) is 0 Å². The van der Waals surface area contributed by atoms with E-state index in [0.717, 1.165) is 26.3 Å². The van der Waals surface area contributed by atoms with Gasteiger partial charge in [-0.1, -0.05) is 30.3 Å². The Morgan fingerprint density at radius 2 is 1.89 bits per heavy atom.